The van der Waals surface area contributed by atoms with Crippen LogP contribution in [0.4, 0.5) is 79.0 Å². The summed E-state index contributed by atoms with van der Waals surface area (Å²) in [6.07, 6.45) is -34.4. The number of carbonyl (C=O) groups is 3. The molecule has 85 heavy (non-hydrogen) atoms. The number of hydrogen-bond donors (Lipinski definition) is 0. The zero-order valence-electron chi connectivity index (χ0n) is 40.4. The van der Waals surface area contributed by atoms with E-state index in [-0.39, 0.29) is 36.4 Å². The van der Waals surface area contributed by atoms with Crippen molar-refractivity contribution in [3.8, 4) is 0 Å². The van der Waals surface area contributed by atoms with Gasteiger partial charge >= 0.3 is 470 Å². The molecule has 0 radical (unpaired) electrons. The number of hydrogen-bond acceptors (Lipinski definition) is 12. The summed E-state index contributed by atoms with van der Waals surface area (Å²) in [5.74, 6) is -11.8. The van der Waals surface area contributed by atoms with Crippen LogP contribution in [-0.2, 0) is 92.9 Å². The number of benzene rings is 6. The van der Waals surface area contributed by atoms with Gasteiger partial charge in [-0.3, -0.25) is 0 Å². The molecule has 0 atom stereocenters. The van der Waals surface area contributed by atoms with Gasteiger partial charge in [0.05, 0.1) is 0 Å². The number of halogens is 18. The number of sulfone groups is 3. The summed E-state index contributed by atoms with van der Waals surface area (Å²) >= 11 is -4.90. The van der Waals surface area contributed by atoms with E-state index in [0.29, 0.717) is 36.4 Å². The summed E-state index contributed by atoms with van der Waals surface area (Å²) in [7, 11) is -17.1. The molecule has 0 amide bonds. The van der Waals surface area contributed by atoms with E-state index in [0.717, 1.165) is 36.4 Å². The van der Waals surface area contributed by atoms with Crippen LogP contribution in [0.25, 0.3) is 17.3 Å². The summed E-state index contributed by atoms with van der Waals surface area (Å²) in [6.45, 7) is 0. The summed E-state index contributed by atoms with van der Waals surface area (Å²) in [4.78, 5) is 34.4. The van der Waals surface area contributed by atoms with Crippen LogP contribution in [0.5, 0.6) is 0 Å². The normalized spacial score (nSPS) is 16.7. The number of ketones is 3. The van der Waals surface area contributed by atoms with Crippen molar-refractivity contribution in [2.45, 2.75) is 51.7 Å². The molecule has 6 aromatic carbocycles. The standard InChI is InChI=1S/3C17H8F6O4S.Fe/c3*18-16(19,20)9-5-8(6-10(7-9)17(21,22)23)13(24)15-14(25)11-3-1-2-4-12(11)28(15,26)27;/h3*1-7,25H;/q;;;+3/p-3. The van der Waals surface area contributed by atoms with E-state index in [1.807, 2.05) is 0 Å². The third-order valence-corrected chi connectivity index (χ3v) is 19.0. The van der Waals surface area contributed by atoms with Crippen molar-refractivity contribution in [3.05, 3.63) is 209 Å². The van der Waals surface area contributed by atoms with E-state index >= 15 is 0 Å². The molecule has 0 aliphatic carbocycles. The van der Waals surface area contributed by atoms with Crippen molar-refractivity contribution in [2.75, 3.05) is 0 Å². The van der Waals surface area contributed by atoms with E-state index in [1.54, 1.807) is 0 Å². The molecule has 0 unspecified atom stereocenters. The predicted octanol–water partition coefficient (Wildman–Crippen LogP) is 13.6. The van der Waals surface area contributed by atoms with Crippen LogP contribution in [0, 0.1) is 0 Å². The molecule has 9 rings (SSSR count). The van der Waals surface area contributed by atoms with Gasteiger partial charge in [-0.15, -0.1) is 0 Å². The van der Waals surface area contributed by atoms with Gasteiger partial charge in [-0.1, -0.05) is 0 Å². The first-order valence-electron chi connectivity index (χ1n) is 22.5. The Morgan fingerprint density at radius 3 is 0.682 bits per heavy atom. The fraction of sp³-hybridized carbons (Fsp3) is 0.118. The maximum atomic E-state index is 14.5. The Morgan fingerprint density at radius 2 is 0.494 bits per heavy atom. The van der Waals surface area contributed by atoms with Gasteiger partial charge in [0.15, 0.2) is 0 Å². The third kappa shape index (κ3) is 11.2. The summed E-state index contributed by atoms with van der Waals surface area (Å²) in [5, 5.41) is 0. The second kappa shape index (κ2) is 20.4. The molecular formula is C51H21F18FeO12S3. The van der Waals surface area contributed by atoms with E-state index < -0.39 is 230 Å². The topological polar surface area (TPSA) is 181 Å². The van der Waals surface area contributed by atoms with Gasteiger partial charge in [-0.2, -0.15) is 0 Å². The molecule has 6 aromatic rings. The first kappa shape index (κ1) is 61.6. The minimum absolute atomic E-state index is 0.264. The zero-order chi connectivity index (χ0) is 62.9. The molecule has 449 valence electrons. The number of rotatable bonds is 12. The molecule has 34 heteroatoms. The number of carbonyl (C=O) groups excluding carboxylic acids is 3. The molecule has 0 spiro atoms. The van der Waals surface area contributed by atoms with Crippen molar-refractivity contribution >= 4 is 64.1 Å². The molecule has 0 fully saturated rings. The monoisotopic (exact) mass is 1320 g/mol. The van der Waals surface area contributed by atoms with Crippen molar-refractivity contribution in [3.63, 3.8) is 0 Å². The van der Waals surface area contributed by atoms with Crippen LogP contribution in [0.15, 0.2) is 157 Å². The van der Waals surface area contributed by atoms with Gasteiger partial charge in [-0.05, 0) is 0 Å². The second-order valence-electron chi connectivity index (χ2n) is 17.7. The molecule has 3 aliphatic heterocycles. The Labute approximate surface area is 467 Å². The maximum absolute atomic E-state index is 14.5. The van der Waals surface area contributed by atoms with Crippen LogP contribution < -0.4 is 0 Å². The number of allylic oxidation sites excluding steroid dienone is 3. The average molecular weight is 1320 g/mol. The van der Waals surface area contributed by atoms with E-state index in [9.17, 15) is 119 Å². The molecule has 0 saturated carbocycles. The van der Waals surface area contributed by atoms with Crippen molar-refractivity contribution in [1.82, 2.24) is 0 Å². The Morgan fingerprint density at radius 1 is 0.306 bits per heavy atom. The Hall–Kier alpha value is -7.94. The number of Topliss-reactive ketones (excluding diaryl/α,β-unsaturated/α-hetero) is 3. The fourth-order valence-corrected chi connectivity index (χ4v) is 15.1. The molecular weight excluding hydrogens is 1300 g/mol. The van der Waals surface area contributed by atoms with Gasteiger partial charge in [0.25, 0.3) is 0 Å². The SMILES string of the molecule is O=C(C1=C([O][Fe]([O]C2=C(C(=O)c3cc(C(F)(F)F)cc(C(F)(F)F)c3)S(=O)(=O)c3ccccc32)[O]C2=C(C(=O)c3cc(C(F)(F)F)cc(C(F)(F)F)c3)S(=O)(=O)c3ccccc32)c2ccccc2S1(=O)=O)c1cc(C(F)(F)F)cc(C(F)(F)F)c1. The van der Waals surface area contributed by atoms with Crippen LogP contribution in [-0.4, -0.2) is 42.6 Å². The predicted molar refractivity (Wildman–Crippen MR) is 247 cm³/mol. The molecule has 3 aliphatic rings. The van der Waals surface area contributed by atoms with Gasteiger partial charge in [0.2, 0.25) is 0 Å². The summed E-state index contributed by atoms with van der Waals surface area (Å²) < 4.78 is 359. The fourth-order valence-electron chi connectivity index (χ4n) is 8.49. The summed E-state index contributed by atoms with van der Waals surface area (Å²) in [5.41, 5.74) is -21.4. The molecule has 0 N–H and O–H groups in total. The third-order valence-electron chi connectivity index (χ3n) is 12.3. The number of alkyl halides is 18. The molecule has 0 saturated heterocycles. The quantitative estimate of drug-likeness (QED) is 0.0643. The van der Waals surface area contributed by atoms with E-state index in [2.05, 4.69) is 0 Å². The van der Waals surface area contributed by atoms with Gasteiger partial charge in [-0.25, -0.2) is 0 Å². The average Bonchev–Trinajstić information content (AvgIpc) is 1.68. The Kier molecular flexibility index (Phi) is 14.8. The van der Waals surface area contributed by atoms with E-state index in [4.69, 9.17) is 11.5 Å². The van der Waals surface area contributed by atoms with Gasteiger partial charge in [0, 0.05) is 0 Å². The second-order valence-corrected chi connectivity index (χ2v) is 24.5. The van der Waals surface area contributed by atoms with Crippen molar-refractivity contribution < 1.29 is 145 Å². The zero-order valence-corrected chi connectivity index (χ0v) is 44.0. The van der Waals surface area contributed by atoms with Crippen molar-refractivity contribution in [1.29, 1.82) is 0 Å². The molecule has 12 nitrogen and oxygen atoms in total. The molecule has 0 aromatic heterocycles. The minimum atomic E-state index is -5.73. The first-order valence-corrected chi connectivity index (χ1v) is 28.3. The van der Waals surface area contributed by atoms with Crippen LogP contribution in [0.3, 0.4) is 0 Å². The Bertz CT molecular complexity index is 3830. The molecule has 0 bridgehead atoms. The van der Waals surface area contributed by atoms with Crippen molar-refractivity contribution in [2.24, 2.45) is 0 Å². The van der Waals surface area contributed by atoms with Gasteiger partial charge in [0.1, 0.15) is 0 Å². The van der Waals surface area contributed by atoms with Crippen LogP contribution in [0.2, 0.25) is 0 Å². The Balaban J connectivity index is 1.36. The van der Waals surface area contributed by atoms with E-state index in [1.165, 1.54) is 0 Å². The summed E-state index contributed by atoms with van der Waals surface area (Å²) in [6, 6.07) is 6.49. The number of fused-ring (bicyclic) bond motifs is 3. The van der Waals surface area contributed by atoms with Crippen LogP contribution >= 0.6 is 0 Å². The van der Waals surface area contributed by atoms with Gasteiger partial charge < -0.3 is 0 Å². The van der Waals surface area contributed by atoms with Crippen LogP contribution in [0.1, 0.15) is 81.1 Å². The molecule has 3 heterocycles. The first-order chi connectivity index (χ1) is 38.9.